The van der Waals surface area contributed by atoms with Crippen LogP contribution in [0, 0.1) is 0 Å². The van der Waals surface area contributed by atoms with Crippen LogP contribution in [-0.2, 0) is 4.74 Å². The van der Waals surface area contributed by atoms with E-state index >= 15 is 0 Å². The molecule has 86 valence electrons. The summed E-state index contributed by atoms with van der Waals surface area (Å²) in [5.41, 5.74) is 0. The highest BCUT2D eigenvalue weighted by molar-refractivity contribution is 4.73. The Morgan fingerprint density at radius 1 is 1.14 bits per heavy atom. The Balaban J connectivity index is 3.83. The monoisotopic (exact) mass is 203 g/mol. The molecule has 0 aliphatic carbocycles. The Kier molecular flexibility index (Phi) is 9.35. The topological polar surface area (TPSA) is 41.5 Å². The first-order chi connectivity index (χ1) is 6.78. The molecule has 1 atom stereocenters. The molecule has 0 aliphatic heterocycles. The predicted octanol–water partition coefficient (Wildman–Crippen LogP) is 1.55. The van der Waals surface area contributed by atoms with Gasteiger partial charge < -0.3 is 15.2 Å². The number of methoxy groups -OCH3 is 1. The van der Waals surface area contributed by atoms with E-state index in [1.165, 1.54) is 25.7 Å². The van der Waals surface area contributed by atoms with Crippen LogP contribution >= 0.6 is 0 Å². The molecular formula is C11H25NO2. The standard InChI is InChI=1S/C11H25NO2/c1-4-6-10(7-5-2)12-11(8-13)9-14-3/h10-13H,4-9H2,1-3H3. The lowest BCUT2D eigenvalue weighted by Gasteiger charge is -2.23. The van der Waals surface area contributed by atoms with Gasteiger partial charge in [0.25, 0.3) is 0 Å². The number of hydrogen-bond acceptors (Lipinski definition) is 3. The molecule has 0 aromatic rings. The molecule has 0 rings (SSSR count). The maximum atomic E-state index is 9.10. The lowest BCUT2D eigenvalue weighted by molar-refractivity contribution is 0.120. The van der Waals surface area contributed by atoms with Crippen molar-refractivity contribution in [2.24, 2.45) is 0 Å². The van der Waals surface area contributed by atoms with Crippen LogP contribution in [0.15, 0.2) is 0 Å². The molecule has 0 aromatic carbocycles. The molecule has 0 aliphatic rings. The summed E-state index contributed by atoms with van der Waals surface area (Å²) in [5.74, 6) is 0. The van der Waals surface area contributed by atoms with E-state index < -0.39 is 0 Å². The molecule has 3 nitrogen and oxygen atoms in total. The van der Waals surface area contributed by atoms with Gasteiger partial charge in [-0.3, -0.25) is 0 Å². The summed E-state index contributed by atoms with van der Waals surface area (Å²) in [6.07, 6.45) is 4.72. The molecule has 0 amide bonds. The van der Waals surface area contributed by atoms with Crippen LogP contribution in [0.3, 0.4) is 0 Å². The molecule has 0 spiro atoms. The number of ether oxygens (including phenoxy) is 1. The highest BCUT2D eigenvalue weighted by Crippen LogP contribution is 2.05. The zero-order valence-electron chi connectivity index (χ0n) is 9.75. The molecule has 2 N–H and O–H groups in total. The van der Waals surface area contributed by atoms with Crippen LogP contribution in [0.1, 0.15) is 39.5 Å². The van der Waals surface area contributed by atoms with E-state index in [4.69, 9.17) is 9.84 Å². The Labute approximate surface area is 87.8 Å². The third-order valence-corrected chi connectivity index (χ3v) is 2.33. The Morgan fingerprint density at radius 2 is 1.71 bits per heavy atom. The van der Waals surface area contributed by atoms with Gasteiger partial charge in [0.15, 0.2) is 0 Å². The van der Waals surface area contributed by atoms with Crippen molar-refractivity contribution in [3.63, 3.8) is 0 Å². The van der Waals surface area contributed by atoms with E-state index in [-0.39, 0.29) is 12.6 Å². The second kappa shape index (κ2) is 9.44. The van der Waals surface area contributed by atoms with Gasteiger partial charge in [-0.1, -0.05) is 26.7 Å². The first-order valence-corrected chi connectivity index (χ1v) is 5.64. The Bertz CT molecular complexity index is 114. The predicted molar refractivity (Wildman–Crippen MR) is 59.5 cm³/mol. The van der Waals surface area contributed by atoms with Gasteiger partial charge in [0.1, 0.15) is 0 Å². The Hall–Kier alpha value is -0.120. The first kappa shape index (κ1) is 13.9. The maximum Gasteiger partial charge on any atom is 0.0638 e. The minimum Gasteiger partial charge on any atom is -0.395 e. The van der Waals surface area contributed by atoms with Gasteiger partial charge in [-0.05, 0) is 12.8 Å². The van der Waals surface area contributed by atoms with E-state index in [9.17, 15) is 0 Å². The van der Waals surface area contributed by atoms with Gasteiger partial charge in [-0.2, -0.15) is 0 Å². The number of nitrogens with one attached hydrogen (secondary N) is 1. The fraction of sp³-hybridized carbons (Fsp3) is 1.00. The summed E-state index contributed by atoms with van der Waals surface area (Å²) in [6.45, 7) is 5.11. The van der Waals surface area contributed by atoms with Gasteiger partial charge in [-0.15, -0.1) is 0 Å². The van der Waals surface area contributed by atoms with Crippen molar-refractivity contribution in [3.8, 4) is 0 Å². The van der Waals surface area contributed by atoms with Gasteiger partial charge >= 0.3 is 0 Å². The molecule has 0 radical (unpaired) electrons. The highest BCUT2D eigenvalue weighted by atomic mass is 16.5. The number of rotatable bonds is 9. The van der Waals surface area contributed by atoms with Crippen molar-refractivity contribution in [2.45, 2.75) is 51.6 Å². The summed E-state index contributed by atoms with van der Waals surface area (Å²) in [7, 11) is 1.67. The van der Waals surface area contributed by atoms with Crippen molar-refractivity contribution in [1.29, 1.82) is 0 Å². The highest BCUT2D eigenvalue weighted by Gasteiger charge is 2.12. The largest absolute Gasteiger partial charge is 0.395 e. The average molecular weight is 203 g/mol. The van der Waals surface area contributed by atoms with Crippen molar-refractivity contribution >= 4 is 0 Å². The van der Waals surface area contributed by atoms with Gasteiger partial charge in [0.05, 0.1) is 19.3 Å². The van der Waals surface area contributed by atoms with E-state index in [1.54, 1.807) is 7.11 Å². The molecule has 0 bridgehead atoms. The molecule has 1 unspecified atom stereocenters. The summed E-state index contributed by atoms with van der Waals surface area (Å²) in [4.78, 5) is 0. The smallest absolute Gasteiger partial charge is 0.0638 e. The quantitative estimate of drug-likeness (QED) is 0.597. The zero-order chi connectivity index (χ0) is 10.8. The van der Waals surface area contributed by atoms with E-state index in [0.29, 0.717) is 12.6 Å². The molecule has 3 heteroatoms. The molecular weight excluding hydrogens is 178 g/mol. The van der Waals surface area contributed by atoms with Crippen LogP contribution in [0.4, 0.5) is 0 Å². The molecule has 0 saturated carbocycles. The lowest BCUT2D eigenvalue weighted by Crippen LogP contribution is -2.43. The Morgan fingerprint density at radius 3 is 2.07 bits per heavy atom. The third-order valence-electron chi connectivity index (χ3n) is 2.33. The normalized spacial score (nSPS) is 13.5. The minimum atomic E-state index is 0.0862. The van der Waals surface area contributed by atoms with Crippen LogP contribution < -0.4 is 5.32 Å². The minimum absolute atomic E-state index is 0.0862. The number of aliphatic hydroxyl groups is 1. The molecule has 0 heterocycles. The van der Waals surface area contributed by atoms with Crippen molar-refractivity contribution in [3.05, 3.63) is 0 Å². The van der Waals surface area contributed by atoms with Crippen LogP contribution in [-0.4, -0.2) is 37.5 Å². The number of aliphatic hydroxyl groups excluding tert-OH is 1. The van der Waals surface area contributed by atoms with E-state index in [2.05, 4.69) is 19.2 Å². The lowest BCUT2D eigenvalue weighted by atomic mass is 10.1. The van der Waals surface area contributed by atoms with Crippen LogP contribution in [0.25, 0.3) is 0 Å². The second-order valence-electron chi connectivity index (χ2n) is 3.78. The SMILES string of the molecule is CCCC(CCC)NC(CO)COC. The maximum absolute atomic E-state index is 9.10. The summed E-state index contributed by atoms with van der Waals surface area (Å²) in [5, 5.41) is 12.5. The van der Waals surface area contributed by atoms with Gasteiger partial charge in [0, 0.05) is 13.2 Å². The summed E-state index contributed by atoms with van der Waals surface area (Å²) < 4.78 is 5.03. The fourth-order valence-electron chi connectivity index (χ4n) is 1.70. The van der Waals surface area contributed by atoms with Crippen molar-refractivity contribution in [2.75, 3.05) is 20.3 Å². The van der Waals surface area contributed by atoms with Gasteiger partial charge in [-0.25, -0.2) is 0 Å². The number of hydrogen-bond donors (Lipinski definition) is 2. The molecule has 0 aromatic heterocycles. The van der Waals surface area contributed by atoms with Crippen molar-refractivity contribution in [1.82, 2.24) is 5.32 Å². The zero-order valence-corrected chi connectivity index (χ0v) is 9.75. The van der Waals surface area contributed by atoms with Crippen LogP contribution in [0.5, 0.6) is 0 Å². The summed E-state index contributed by atoms with van der Waals surface area (Å²) >= 11 is 0. The fourth-order valence-corrected chi connectivity index (χ4v) is 1.70. The van der Waals surface area contributed by atoms with E-state index in [0.717, 1.165) is 0 Å². The third kappa shape index (κ3) is 6.35. The molecule has 14 heavy (non-hydrogen) atoms. The van der Waals surface area contributed by atoms with Crippen LogP contribution in [0.2, 0.25) is 0 Å². The molecule has 0 saturated heterocycles. The first-order valence-electron chi connectivity index (χ1n) is 5.64. The van der Waals surface area contributed by atoms with E-state index in [1.807, 2.05) is 0 Å². The molecule has 0 fully saturated rings. The van der Waals surface area contributed by atoms with Crippen molar-refractivity contribution < 1.29 is 9.84 Å². The second-order valence-corrected chi connectivity index (χ2v) is 3.78. The van der Waals surface area contributed by atoms with Gasteiger partial charge in [0.2, 0.25) is 0 Å². The summed E-state index contributed by atoms with van der Waals surface area (Å²) in [6, 6.07) is 0.611. The average Bonchev–Trinajstić information content (AvgIpc) is 2.18.